The summed E-state index contributed by atoms with van der Waals surface area (Å²) < 4.78 is 37.7. The molecule has 0 saturated carbocycles. The van der Waals surface area contributed by atoms with E-state index in [1.807, 2.05) is 29.4 Å². The molecule has 2 aromatic heterocycles. The molecule has 12 heteroatoms. The zero-order chi connectivity index (χ0) is 27.4. The number of amides is 1. The van der Waals surface area contributed by atoms with Gasteiger partial charge in [0.15, 0.2) is 18.6 Å². The molecule has 11 nitrogen and oxygen atoms in total. The smallest absolute Gasteiger partial charge is 0.412 e. The van der Waals surface area contributed by atoms with E-state index in [-0.39, 0.29) is 5.91 Å². The zero-order valence-corrected chi connectivity index (χ0v) is 23.1. The van der Waals surface area contributed by atoms with Gasteiger partial charge in [-0.25, -0.2) is 19.1 Å². The summed E-state index contributed by atoms with van der Waals surface area (Å²) in [4.78, 5) is 21.1. The number of nitrogen functional groups attached to an aromatic ring is 1. The summed E-state index contributed by atoms with van der Waals surface area (Å²) in [5.74, 6) is 2.30. The Labute approximate surface area is 229 Å². The monoisotopic (exact) mass is 557 g/mol. The van der Waals surface area contributed by atoms with Gasteiger partial charge in [-0.05, 0) is 38.3 Å². The first-order valence-electron chi connectivity index (χ1n) is 13.5. The molecule has 3 aromatic rings. The molecule has 4 N–H and O–H groups in total. The molecule has 1 saturated heterocycles. The van der Waals surface area contributed by atoms with Crippen molar-refractivity contribution < 1.29 is 27.9 Å². The molecule has 2 aliphatic heterocycles. The van der Waals surface area contributed by atoms with Crippen LogP contribution in [0.3, 0.4) is 0 Å². The van der Waals surface area contributed by atoms with Gasteiger partial charge in [0.1, 0.15) is 23.7 Å². The number of carbonyl (C=O) groups excluding carboxylic acids is 1. The lowest BCUT2D eigenvalue weighted by molar-refractivity contribution is -0.437. The molecule has 2 aliphatic rings. The summed E-state index contributed by atoms with van der Waals surface area (Å²) in [6.07, 6.45) is 8.28. The number of hydrogen-bond donors (Lipinski definition) is 3. The minimum absolute atomic E-state index is 0.00298. The molecule has 1 amide bonds. The van der Waals surface area contributed by atoms with Gasteiger partial charge in [-0.2, -0.15) is 4.58 Å². The Morgan fingerprint density at radius 3 is 2.77 bits per heavy atom. The SMILES string of the molecule is CCOCc1nc2c(N)nc3cc(OCCC[N+]4=CC=CC4=O)ccc3c2n1CCCCN1CCCS1(O)O. The van der Waals surface area contributed by atoms with Crippen molar-refractivity contribution in [3.8, 4) is 5.75 Å². The Morgan fingerprint density at radius 2 is 2.03 bits per heavy atom. The van der Waals surface area contributed by atoms with Crippen LogP contribution < -0.4 is 10.5 Å². The summed E-state index contributed by atoms with van der Waals surface area (Å²) in [5.41, 5.74) is 8.67. The quantitative estimate of drug-likeness (QED) is 0.211. The normalized spacial score (nSPS) is 17.9. The number of nitrogens with two attached hydrogens (primary N) is 1. The Morgan fingerprint density at radius 1 is 1.18 bits per heavy atom. The molecule has 0 spiro atoms. The molecule has 0 atom stereocenters. The Bertz CT molecular complexity index is 1420. The number of fused-ring (bicyclic) bond motifs is 3. The van der Waals surface area contributed by atoms with Gasteiger partial charge in [0.25, 0.3) is 0 Å². The molecule has 0 unspecified atom stereocenters. The first-order chi connectivity index (χ1) is 18.9. The second-order valence-electron chi connectivity index (χ2n) is 9.76. The summed E-state index contributed by atoms with van der Waals surface area (Å²) >= 11 is 0. The van der Waals surface area contributed by atoms with Crippen LogP contribution in [0.4, 0.5) is 5.82 Å². The van der Waals surface area contributed by atoms with Gasteiger partial charge in [-0.15, -0.1) is 10.8 Å². The van der Waals surface area contributed by atoms with Crippen molar-refractivity contribution in [1.82, 2.24) is 18.8 Å². The highest BCUT2D eigenvalue weighted by Crippen LogP contribution is 2.48. The van der Waals surface area contributed by atoms with E-state index in [2.05, 4.69) is 9.55 Å². The lowest BCUT2D eigenvalue weighted by atomic mass is 10.1. The number of allylic oxidation sites excluding steroid dienone is 1. The predicted molar refractivity (Wildman–Crippen MR) is 153 cm³/mol. The van der Waals surface area contributed by atoms with Gasteiger partial charge >= 0.3 is 5.91 Å². The van der Waals surface area contributed by atoms with E-state index in [9.17, 15) is 13.9 Å². The van der Waals surface area contributed by atoms with Crippen LogP contribution in [-0.2, 0) is 22.7 Å². The molecule has 0 radical (unpaired) electrons. The molecule has 210 valence electrons. The van der Waals surface area contributed by atoms with Crippen LogP contribution in [0.2, 0.25) is 0 Å². The number of anilines is 1. The maximum atomic E-state index is 11.7. The van der Waals surface area contributed by atoms with E-state index in [0.717, 1.165) is 48.1 Å². The number of pyridine rings is 1. The maximum absolute atomic E-state index is 11.7. The van der Waals surface area contributed by atoms with E-state index in [0.29, 0.717) is 68.7 Å². The number of unbranched alkanes of at least 4 members (excludes halogenated alkanes) is 1. The van der Waals surface area contributed by atoms with Gasteiger partial charge in [-0.3, -0.25) is 9.11 Å². The number of nitrogens with zero attached hydrogens (tertiary/aromatic N) is 5. The fourth-order valence-corrected chi connectivity index (χ4v) is 6.72. The summed E-state index contributed by atoms with van der Waals surface area (Å²) in [7, 11) is -2.59. The first-order valence-corrected chi connectivity index (χ1v) is 15.2. The first kappa shape index (κ1) is 27.5. The average molecular weight is 558 g/mol. The topological polar surface area (TPSA) is 139 Å². The predicted octanol–water partition coefficient (Wildman–Crippen LogP) is 3.80. The fraction of sp³-hybridized carbons (Fsp3) is 0.481. The second-order valence-corrected chi connectivity index (χ2v) is 11.9. The molecule has 0 bridgehead atoms. The van der Waals surface area contributed by atoms with E-state index in [1.54, 1.807) is 22.9 Å². The summed E-state index contributed by atoms with van der Waals surface area (Å²) in [5, 5.41) is 0.929. The summed E-state index contributed by atoms with van der Waals surface area (Å²) in [6, 6.07) is 5.80. The van der Waals surface area contributed by atoms with Crippen LogP contribution in [0.15, 0.2) is 30.4 Å². The maximum Gasteiger partial charge on any atom is 0.412 e. The third-order valence-electron chi connectivity index (χ3n) is 7.07. The van der Waals surface area contributed by atoms with Gasteiger partial charge < -0.3 is 19.8 Å². The lowest BCUT2D eigenvalue weighted by Crippen LogP contribution is -2.24. The highest BCUT2D eigenvalue weighted by atomic mass is 32.3. The molecule has 4 heterocycles. The molecule has 1 fully saturated rings. The van der Waals surface area contributed by atoms with Crippen molar-refractivity contribution in [3.63, 3.8) is 0 Å². The number of aromatic nitrogens is 3. The number of ether oxygens (including phenoxy) is 2. The molecular formula is C27H37N6O5S+. The van der Waals surface area contributed by atoms with Crippen molar-refractivity contribution in [2.75, 3.05) is 44.3 Å². The largest absolute Gasteiger partial charge is 0.493 e. The van der Waals surface area contributed by atoms with Crippen LogP contribution in [-0.4, -0.2) is 83.2 Å². The average Bonchev–Trinajstić information content (AvgIpc) is 3.59. The van der Waals surface area contributed by atoms with E-state index >= 15 is 0 Å². The number of aryl methyl sites for hydroxylation is 1. The number of hydrogen-bond acceptors (Lipinski definition) is 9. The van der Waals surface area contributed by atoms with Gasteiger partial charge in [-0.1, -0.05) is 0 Å². The van der Waals surface area contributed by atoms with E-state index in [1.165, 1.54) is 0 Å². The van der Waals surface area contributed by atoms with Crippen molar-refractivity contribution >= 4 is 50.7 Å². The van der Waals surface area contributed by atoms with Crippen LogP contribution in [0.5, 0.6) is 5.75 Å². The Hall–Kier alpha value is -3.03. The highest BCUT2D eigenvalue weighted by Gasteiger charge is 2.28. The van der Waals surface area contributed by atoms with E-state index < -0.39 is 10.8 Å². The minimum atomic E-state index is -2.59. The van der Waals surface area contributed by atoms with Gasteiger partial charge in [0.05, 0.1) is 29.5 Å². The lowest BCUT2D eigenvalue weighted by Gasteiger charge is -2.36. The molecule has 39 heavy (non-hydrogen) atoms. The molecule has 5 rings (SSSR count). The van der Waals surface area contributed by atoms with Gasteiger partial charge in [0.2, 0.25) is 0 Å². The van der Waals surface area contributed by atoms with Crippen molar-refractivity contribution in [2.45, 2.75) is 45.8 Å². The number of benzene rings is 1. The van der Waals surface area contributed by atoms with Crippen LogP contribution in [0, 0.1) is 0 Å². The zero-order valence-electron chi connectivity index (χ0n) is 22.3. The summed E-state index contributed by atoms with van der Waals surface area (Å²) in [6.45, 7) is 6.05. The van der Waals surface area contributed by atoms with Crippen LogP contribution in [0.25, 0.3) is 21.9 Å². The van der Waals surface area contributed by atoms with Crippen LogP contribution in [0.1, 0.15) is 38.4 Å². The minimum Gasteiger partial charge on any atom is -0.493 e. The Kier molecular flexibility index (Phi) is 8.48. The number of carbonyl (C=O) groups is 1. The van der Waals surface area contributed by atoms with Gasteiger partial charge in [0, 0.05) is 50.2 Å². The fourth-order valence-electron chi connectivity index (χ4n) is 5.11. The molecule has 0 aliphatic carbocycles. The standard InChI is InChI=1S/C27H36N6O5S/c1-2-37-19-23-30-25-26(33(23)15-4-3-13-32-14-7-17-39(32,35)36)21-10-9-20(18-22(21)29-27(25)28)38-16-6-12-31-11-5-8-24(31)34/h5,8-11,18H,2-4,6-7,12-17,19H2,1H3,(H3-,28,29,35,36)/p+1. The van der Waals surface area contributed by atoms with Crippen molar-refractivity contribution in [1.29, 1.82) is 0 Å². The molecular weight excluding hydrogens is 520 g/mol. The number of rotatable bonds is 13. The highest BCUT2D eigenvalue weighted by molar-refractivity contribution is 8.22. The molecule has 1 aromatic carbocycles. The van der Waals surface area contributed by atoms with Crippen molar-refractivity contribution in [2.24, 2.45) is 0 Å². The van der Waals surface area contributed by atoms with Crippen LogP contribution >= 0.6 is 10.8 Å². The third kappa shape index (κ3) is 6.10. The Balaban J connectivity index is 1.33. The van der Waals surface area contributed by atoms with Crippen molar-refractivity contribution in [3.05, 3.63) is 36.2 Å². The number of imidazole rings is 1. The third-order valence-corrected chi connectivity index (χ3v) is 9.10. The van der Waals surface area contributed by atoms with E-state index in [4.69, 9.17) is 20.2 Å². The second kappa shape index (κ2) is 12.0.